The van der Waals surface area contributed by atoms with E-state index in [0.717, 1.165) is 16.1 Å². The molecule has 1 atom stereocenters. The molecule has 0 aromatic heterocycles. The molecular formula is C10H16N2OS. The molecule has 0 saturated carbocycles. The van der Waals surface area contributed by atoms with Crippen LogP contribution in [0.25, 0.3) is 0 Å². The van der Waals surface area contributed by atoms with Crippen molar-refractivity contribution in [2.75, 3.05) is 18.0 Å². The number of nitrogen functional groups attached to an aromatic ring is 1. The first-order chi connectivity index (χ1) is 6.63. The number of thioether (sulfide) groups is 1. The maximum absolute atomic E-state index is 9.28. The molecule has 1 rings (SSSR count). The first-order valence-electron chi connectivity index (χ1n) is 4.50. The maximum atomic E-state index is 9.28. The average molecular weight is 212 g/mol. The lowest BCUT2D eigenvalue weighted by Crippen LogP contribution is -2.21. The molecule has 0 aliphatic carbocycles. The van der Waals surface area contributed by atoms with Gasteiger partial charge in [-0.3, -0.25) is 0 Å². The van der Waals surface area contributed by atoms with Crippen LogP contribution in [0.3, 0.4) is 0 Å². The molecule has 0 aliphatic rings. The number of hydrogen-bond donors (Lipinski definition) is 3. The van der Waals surface area contributed by atoms with Crippen molar-refractivity contribution in [1.82, 2.24) is 0 Å². The molecule has 1 unspecified atom stereocenters. The van der Waals surface area contributed by atoms with E-state index >= 15 is 0 Å². The van der Waals surface area contributed by atoms with E-state index in [0.29, 0.717) is 12.3 Å². The highest BCUT2D eigenvalue weighted by atomic mass is 32.2. The molecule has 1 aromatic rings. The van der Waals surface area contributed by atoms with Crippen molar-refractivity contribution in [3.8, 4) is 0 Å². The fraction of sp³-hybridized carbons (Fsp3) is 0.400. The Bertz CT molecular complexity index is 304. The van der Waals surface area contributed by atoms with Crippen molar-refractivity contribution in [3.63, 3.8) is 0 Å². The van der Waals surface area contributed by atoms with Crippen molar-refractivity contribution in [2.24, 2.45) is 5.73 Å². The molecule has 5 N–H and O–H groups in total. The lowest BCUT2D eigenvalue weighted by Gasteiger charge is -2.09. The molecule has 78 valence electrons. The first-order valence-corrected chi connectivity index (χ1v) is 5.49. The van der Waals surface area contributed by atoms with E-state index in [9.17, 15) is 5.11 Å². The predicted octanol–water partition coefficient (Wildman–Crippen LogP) is 0.989. The van der Waals surface area contributed by atoms with Gasteiger partial charge in [0.15, 0.2) is 0 Å². The third-order valence-electron chi connectivity index (χ3n) is 1.87. The van der Waals surface area contributed by atoms with Crippen molar-refractivity contribution in [1.29, 1.82) is 0 Å². The van der Waals surface area contributed by atoms with Crippen molar-refractivity contribution >= 4 is 17.4 Å². The van der Waals surface area contributed by atoms with Gasteiger partial charge in [0.25, 0.3) is 0 Å². The number of anilines is 1. The second-order valence-corrected chi connectivity index (χ2v) is 4.30. The Labute approximate surface area is 88.5 Å². The standard InChI is InChI=1S/C10H16N2OS/c1-7-2-3-10(9(12)4-7)14-6-8(13)5-11/h2-4,8,13H,5-6,11-12H2,1H3. The van der Waals surface area contributed by atoms with Crippen LogP contribution in [0, 0.1) is 6.92 Å². The monoisotopic (exact) mass is 212 g/mol. The first kappa shape index (κ1) is 11.4. The van der Waals surface area contributed by atoms with E-state index in [2.05, 4.69) is 0 Å². The molecule has 0 fully saturated rings. The largest absolute Gasteiger partial charge is 0.398 e. The molecule has 4 heteroatoms. The Balaban J connectivity index is 2.59. The quantitative estimate of drug-likeness (QED) is 0.514. The van der Waals surface area contributed by atoms with Gasteiger partial charge in [0, 0.05) is 22.9 Å². The summed E-state index contributed by atoms with van der Waals surface area (Å²) in [5.74, 6) is 0.587. The number of aliphatic hydroxyl groups is 1. The van der Waals surface area contributed by atoms with Gasteiger partial charge in [0.2, 0.25) is 0 Å². The van der Waals surface area contributed by atoms with E-state index in [1.54, 1.807) is 0 Å². The lowest BCUT2D eigenvalue weighted by molar-refractivity contribution is 0.208. The molecule has 3 nitrogen and oxygen atoms in total. The summed E-state index contributed by atoms with van der Waals surface area (Å²) >= 11 is 1.53. The normalized spacial score (nSPS) is 12.8. The Morgan fingerprint density at radius 3 is 2.79 bits per heavy atom. The smallest absolute Gasteiger partial charge is 0.0756 e. The van der Waals surface area contributed by atoms with E-state index in [-0.39, 0.29) is 0 Å². The summed E-state index contributed by atoms with van der Waals surface area (Å²) < 4.78 is 0. The van der Waals surface area contributed by atoms with Gasteiger partial charge in [-0.25, -0.2) is 0 Å². The van der Waals surface area contributed by atoms with Crippen LogP contribution in [-0.4, -0.2) is 23.5 Å². The molecule has 0 radical (unpaired) electrons. The summed E-state index contributed by atoms with van der Waals surface area (Å²) in [6.45, 7) is 2.29. The Kier molecular flexibility index (Phi) is 4.25. The highest BCUT2D eigenvalue weighted by Gasteiger charge is 2.04. The Hall–Kier alpha value is -0.710. The zero-order valence-electron chi connectivity index (χ0n) is 8.23. The fourth-order valence-corrected chi connectivity index (χ4v) is 1.95. The second kappa shape index (κ2) is 5.24. The van der Waals surface area contributed by atoms with E-state index < -0.39 is 6.10 Å². The van der Waals surface area contributed by atoms with Gasteiger partial charge in [0.05, 0.1) is 6.10 Å². The van der Waals surface area contributed by atoms with Gasteiger partial charge in [-0.15, -0.1) is 11.8 Å². The zero-order valence-corrected chi connectivity index (χ0v) is 9.05. The molecule has 0 aliphatic heterocycles. The molecule has 0 heterocycles. The zero-order chi connectivity index (χ0) is 10.6. The molecule has 14 heavy (non-hydrogen) atoms. The van der Waals surface area contributed by atoms with Crippen LogP contribution in [0.4, 0.5) is 5.69 Å². The third-order valence-corrected chi connectivity index (χ3v) is 3.10. The Morgan fingerprint density at radius 1 is 1.50 bits per heavy atom. The lowest BCUT2D eigenvalue weighted by atomic mass is 10.2. The number of aryl methyl sites for hydroxylation is 1. The fourth-order valence-electron chi connectivity index (χ4n) is 1.05. The molecule has 0 amide bonds. The van der Waals surface area contributed by atoms with Crippen molar-refractivity contribution < 1.29 is 5.11 Å². The minimum absolute atomic E-state index is 0.290. The summed E-state index contributed by atoms with van der Waals surface area (Å²) in [5.41, 5.74) is 13.0. The van der Waals surface area contributed by atoms with Gasteiger partial charge in [-0.2, -0.15) is 0 Å². The number of nitrogens with two attached hydrogens (primary N) is 2. The van der Waals surface area contributed by atoms with Crippen LogP contribution in [0.1, 0.15) is 5.56 Å². The minimum atomic E-state index is -0.458. The Morgan fingerprint density at radius 2 is 2.21 bits per heavy atom. The van der Waals surface area contributed by atoms with Crippen LogP contribution in [0.2, 0.25) is 0 Å². The number of benzene rings is 1. The van der Waals surface area contributed by atoms with Crippen LogP contribution >= 0.6 is 11.8 Å². The van der Waals surface area contributed by atoms with Gasteiger partial charge in [-0.05, 0) is 24.6 Å². The van der Waals surface area contributed by atoms with Gasteiger partial charge < -0.3 is 16.6 Å². The molecule has 0 spiro atoms. The highest BCUT2D eigenvalue weighted by Crippen LogP contribution is 2.26. The maximum Gasteiger partial charge on any atom is 0.0756 e. The van der Waals surface area contributed by atoms with Gasteiger partial charge in [0.1, 0.15) is 0 Å². The number of aliphatic hydroxyl groups excluding tert-OH is 1. The van der Waals surface area contributed by atoms with Gasteiger partial charge >= 0.3 is 0 Å². The van der Waals surface area contributed by atoms with Crippen LogP contribution < -0.4 is 11.5 Å². The van der Waals surface area contributed by atoms with Crippen LogP contribution in [0.15, 0.2) is 23.1 Å². The number of rotatable bonds is 4. The summed E-state index contributed by atoms with van der Waals surface area (Å²) in [7, 11) is 0. The minimum Gasteiger partial charge on any atom is -0.398 e. The van der Waals surface area contributed by atoms with Crippen molar-refractivity contribution in [3.05, 3.63) is 23.8 Å². The molecule has 1 aromatic carbocycles. The van der Waals surface area contributed by atoms with Gasteiger partial charge in [-0.1, -0.05) is 6.07 Å². The highest BCUT2D eigenvalue weighted by molar-refractivity contribution is 7.99. The number of hydrogen-bond acceptors (Lipinski definition) is 4. The molecule has 0 saturated heterocycles. The van der Waals surface area contributed by atoms with E-state index in [1.807, 2.05) is 25.1 Å². The average Bonchev–Trinajstić information content (AvgIpc) is 2.16. The summed E-state index contributed by atoms with van der Waals surface area (Å²) in [4.78, 5) is 1.00. The van der Waals surface area contributed by atoms with E-state index in [1.165, 1.54) is 11.8 Å². The summed E-state index contributed by atoms with van der Waals surface area (Å²) in [5, 5.41) is 9.28. The van der Waals surface area contributed by atoms with Crippen LogP contribution in [-0.2, 0) is 0 Å². The summed E-state index contributed by atoms with van der Waals surface area (Å²) in [6, 6.07) is 5.91. The SMILES string of the molecule is Cc1ccc(SCC(O)CN)c(N)c1. The second-order valence-electron chi connectivity index (χ2n) is 3.24. The van der Waals surface area contributed by atoms with Crippen LogP contribution in [0.5, 0.6) is 0 Å². The topological polar surface area (TPSA) is 72.3 Å². The van der Waals surface area contributed by atoms with E-state index in [4.69, 9.17) is 11.5 Å². The molecule has 0 bridgehead atoms. The van der Waals surface area contributed by atoms with Crippen molar-refractivity contribution in [2.45, 2.75) is 17.9 Å². The molecular weight excluding hydrogens is 196 g/mol. The third kappa shape index (κ3) is 3.21. The summed E-state index contributed by atoms with van der Waals surface area (Å²) in [6.07, 6.45) is -0.458. The predicted molar refractivity (Wildman–Crippen MR) is 61.4 cm³/mol.